The maximum Gasteiger partial charge on any atom is 0.337 e. The van der Waals surface area contributed by atoms with E-state index in [0.717, 1.165) is 11.1 Å². The van der Waals surface area contributed by atoms with Gasteiger partial charge in [0, 0.05) is 18.4 Å². The van der Waals surface area contributed by atoms with Crippen LogP contribution in [-0.4, -0.2) is 31.4 Å². The summed E-state index contributed by atoms with van der Waals surface area (Å²) in [5.41, 5.74) is 1.06. The number of methoxy groups -OCH3 is 1. The van der Waals surface area contributed by atoms with Crippen molar-refractivity contribution >= 4 is 34.4 Å². The highest BCUT2D eigenvalue weighted by Gasteiger charge is 2.09. The molecule has 2 rings (SSSR count). The first-order valence-corrected chi connectivity index (χ1v) is 6.61. The van der Waals surface area contributed by atoms with E-state index >= 15 is 0 Å². The highest BCUT2D eigenvalue weighted by Crippen LogP contribution is 2.21. The minimum absolute atomic E-state index is 0.0530. The lowest BCUT2D eigenvalue weighted by Crippen LogP contribution is -2.26. The number of ether oxygens (including phenoxy) is 1. The van der Waals surface area contributed by atoms with Gasteiger partial charge in [-0.15, -0.1) is 11.6 Å². The Morgan fingerprint density at radius 1 is 1.35 bits per heavy atom. The van der Waals surface area contributed by atoms with Gasteiger partial charge in [0.05, 0.1) is 12.7 Å². The van der Waals surface area contributed by atoms with E-state index in [9.17, 15) is 9.59 Å². The van der Waals surface area contributed by atoms with Crippen molar-refractivity contribution < 1.29 is 18.7 Å². The molecule has 1 amide bonds. The predicted octanol–water partition coefficient (Wildman–Crippen LogP) is 2.12. The van der Waals surface area contributed by atoms with Gasteiger partial charge in [-0.1, -0.05) is 6.07 Å². The molecule has 1 N–H and O–H groups in total. The molecule has 0 unspecified atom stereocenters. The van der Waals surface area contributed by atoms with Crippen molar-refractivity contribution in [2.24, 2.45) is 0 Å². The Hall–Kier alpha value is -2.01. The molecule has 0 aliphatic carbocycles. The maximum absolute atomic E-state index is 11.4. The molecular formula is C14H14ClNO4. The standard InChI is InChI=1S/C14H14ClNO4/c1-19-14(18)10-3-2-9-6-11(20-12(9)7-10)4-5-16-13(17)8-15/h2-3,6-7H,4-5,8H2,1H3,(H,16,17). The number of alkyl halides is 1. The Bertz CT molecular complexity index is 635. The summed E-state index contributed by atoms with van der Waals surface area (Å²) < 4.78 is 10.3. The molecule has 0 bridgehead atoms. The molecule has 0 saturated carbocycles. The second-order valence-corrected chi connectivity index (χ2v) is 4.46. The highest BCUT2D eigenvalue weighted by molar-refractivity contribution is 6.27. The second kappa shape index (κ2) is 6.43. The van der Waals surface area contributed by atoms with Crippen molar-refractivity contribution in [3.8, 4) is 0 Å². The van der Waals surface area contributed by atoms with E-state index in [1.807, 2.05) is 6.07 Å². The number of hydrogen-bond acceptors (Lipinski definition) is 4. The van der Waals surface area contributed by atoms with Crippen LogP contribution in [0, 0.1) is 0 Å². The van der Waals surface area contributed by atoms with E-state index in [0.29, 0.717) is 24.1 Å². The number of benzene rings is 1. The largest absolute Gasteiger partial charge is 0.465 e. The van der Waals surface area contributed by atoms with Crippen molar-refractivity contribution in [3.63, 3.8) is 0 Å². The van der Waals surface area contributed by atoms with Crippen molar-refractivity contribution in [1.82, 2.24) is 5.32 Å². The molecule has 0 aliphatic rings. The van der Waals surface area contributed by atoms with Gasteiger partial charge in [0.15, 0.2) is 0 Å². The third-order valence-electron chi connectivity index (χ3n) is 2.81. The first kappa shape index (κ1) is 14.4. The summed E-state index contributed by atoms with van der Waals surface area (Å²) in [7, 11) is 1.33. The van der Waals surface area contributed by atoms with Gasteiger partial charge in [-0.3, -0.25) is 4.79 Å². The van der Waals surface area contributed by atoms with Gasteiger partial charge in [-0.25, -0.2) is 4.79 Å². The Labute approximate surface area is 120 Å². The van der Waals surface area contributed by atoms with Crippen LogP contribution in [0.4, 0.5) is 0 Å². The van der Waals surface area contributed by atoms with E-state index in [2.05, 4.69) is 10.1 Å². The van der Waals surface area contributed by atoms with Crippen molar-refractivity contribution in [2.45, 2.75) is 6.42 Å². The number of carbonyl (C=O) groups excluding carboxylic acids is 2. The first-order chi connectivity index (χ1) is 9.63. The van der Waals surface area contributed by atoms with E-state index in [1.54, 1.807) is 18.2 Å². The van der Waals surface area contributed by atoms with Crippen LogP contribution in [0.15, 0.2) is 28.7 Å². The molecule has 1 heterocycles. The lowest BCUT2D eigenvalue weighted by Gasteiger charge is -1.99. The first-order valence-electron chi connectivity index (χ1n) is 6.07. The second-order valence-electron chi connectivity index (χ2n) is 4.19. The molecule has 2 aromatic rings. The van der Waals surface area contributed by atoms with Crippen LogP contribution >= 0.6 is 11.6 Å². The number of halogens is 1. The van der Waals surface area contributed by atoms with Crippen LogP contribution in [0.5, 0.6) is 0 Å². The van der Waals surface area contributed by atoms with Crippen LogP contribution in [0.2, 0.25) is 0 Å². The van der Waals surface area contributed by atoms with Gasteiger partial charge in [0.2, 0.25) is 5.91 Å². The Morgan fingerprint density at radius 3 is 2.85 bits per heavy atom. The van der Waals surface area contributed by atoms with Gasteiger partial charge in [-0.2, -0.15) is 0 Å². The average molecular weight is 296 g/mol. The van der Waals surface area contributed by atoms with Crippen LogP contribution in [0.3, 0.4) is 0 Å². The molecule has 1 aromatic heterocycles. The molecule has 0 atom stereocenters. The van der Waals surface area contributed by atoms with E-state index in [-0.39, 0.29) is 11.8 Å². The number of fused-ring (bicyclic) bond motifs is 1. The molecule has 5 nitrogen and oxygen atoms in total. The van der Waals surface area contributed by atoms with E-state index in [1.165, 1.54) is 7.11 Å². The summed E-state index contributed by atoms with van der Waals surface area (Å²) in [5, 5.41) is 3.56. The minimum atomic E-state index is -0.403. The van der Waals surface area contributed by atoms with Gasteiger partial charge in [0.1, 0.15) is 17.2 Å². The summed E-state index contributed by atoms with van der Waals surface area (Å²) in [6, 6.07) is 7.00. The summed E-state index contributed by atoms with van der Waals surface area (Å²) in [4.78, 5) is 22.4. The predicted molar refractivity (Wildman–Crippen MR) is 75.0 cm³/mol. The Morgan fingerprint density at radius 2 is 2.15 bits per heavy atom. The van der Waals surface area contributed by atoms with Crippen LogP contribution in [0.1, 0.15) is 16.1 Å². The van der Waals surface area contributed by atoms with Crippen LogP contribution in [0.25, 0.3) is 11.0 Å². The third kappa shape index (κ3) is 3.30. The summed E-state index contributed by atoms with van der Waals surface area (Å²) in [6.07, 6.45) is 0.560. The molecule has 0 spiro atoms. The number of amides is 1. The quantitative estimate of drug-likeness (QED) is 0.677. The highest BCUT2D eigenvalue weighted by atomic mass is 35.5. The third-order valence-corrected chi connectivity index (χ3v) is 3.05. The number of furan rings is 1. The number of carbonyl (C=O) groups is 2. The molecular weight excluding hydrogens is 282 g/mol. The number of hydrogen-bond donors (Lipinski definition) is 1. The fraction of sp³-hybridized carbons (Fsp3) is 0.286. The number of esters is 1. The summed E-state index contributed by atoms with van der Waals surface area (Å²) in [6.45, 7) is 0.454. The van der Waals surface area contributed by atoms with E-state index in [4.69, 9.17) is 16.0 Å². The van der Waals surface area contributed by atoms with Gasteiger partial charge < -0.3 is 14.5 Å². The zero-order valence-electron chi connectivity index (χ0n) is 10.9. The van der Waals surface area contributed by atoms with Crippen LogP contribution in [-0.2, 0) is 16.0 Å². The fourth-order valence-electron chi connectivity index (χ4n) is 1.83. The molecule has 1 aromatic carbocycles. The molecule has 0 saturated heterocycles. The van der Waals surface area contributed by atoms with Crippen molar-refractivity contribution in [2.75, 3.05) is 19.5 Å². The zero-order chi connectivity index (χ0) is 14.5. The van der Waals surface area contributed by atoms with E-state index < -0.39 is 5.97 Å². The molecule has 0 fully saturated rings. The Kier molecular flexibility index (Phi) is 4.63. The molecule has 0 aliphatic heterocycles. The Balaban J connectivity index is 2.09. The summed E-state index contributed by atoms with van der Waals surface area (Å²) >= 11 is 5.38. The number of rotatable bonds is 5. The average Bonchev–Trinajstić information content (AvgIpc) is 2.87. The minimum Gasteiger partial charge on any atom is -0.465 e. The molecule has 106 valence electrons. The lowest BCUT2D eigenvalue weighted by atomic mass is 10.1. The number of nitrogens with one attached hydrogen (secondary N) is 1. The van der Waals surface area contributed by atoms with Crippen LogP contribution < -0.4 is 5.32 Å². The van der Waals surface area contributed by atoms with Crippen molar-refractivity contribution in [3.05, 3.63) is 35.6 Å². The summed E-state index contributed by atoms with van der Waals surface area (Å²) in [5.74, 6) is 0.0645. The van der Waals surface area contributed by atoms with Crippen molar-refractivity contribution in [1.29, 1.82) is 0 Å². The smallest absolute Gasteiger partial charge is 0.337 e. The normalized spacial score (nSPS) is 10.5. The molecule has 0 radical (unpaired) electrons. The monoisotopic (exact) mass is 295 g/mol. The SMILES string of the molecule is COC(=O)c1ccc2cc(CCNC(=O)CCl)oc2c1. The lowest BCUT2D eigenvalue weighted by molar-refractivity contribution is -0.118. The zero-order valence-corrected chi connectivity index (χ0v) is 11.7. The molecule has 6 heteroatoms. The maximum atomic E-state index is 11.4. The van der Waals surface area contributed by atoms with Gasteiger partial charge in [-0.05, 0) is 18.2 Å². The fourth-order valence-corrected chi connectivity index (χ4v) is 1.92. The van der Waals surface area contributed by atoms with Gasteiger partial charge in [0.25, 0.3) is 0 Å². The molecule has 20 heavy (non-hydrogen) atoms. The topological polar surface area (TPSA) is 68.5 Å². The van der Waals surface area contributed by atoms with Gasteiger partial charge >= 0.3 is 5.97 Å².